The van der Waals surface area contributed by atoms with E-state index in [2.05, 4.69) is 27.9 Å². The molecule has 2 rings (SSSR count). The van der Waals surface area contributed by atoms with Crippen LogP contribution in [-0.4, -0.2) is 0 Å². The molecule has 1 N–H and O–H groups in total. The summed E-state index contributed by atoms with van der Waals surface area (Å²) in [6.07, 6.45) is 0. The Bertz CT molecular complexity index is 496. The summed E-state index contributed by atoms with van der Waals surface area (Å²) >= 11 is 2.10. The molecule has 1 heterocycles. The Labute approximate surface area is 107 Å². The quantitative estimate of drug-likeness (QED) is 0.862. The largest absolute Gasteiger partial charge is 0.465 e. The van der Waals surface area contributed by atoms with E-state index >= 15 is 0 Å². The number of benzene rings is 1. The highest BCUT2D eigenvalue weighted by atomic mass is 127. The molecule has 1 aromatic carbocycles. The molecule has 0 saturated heterocycles. The molecule has 0 saturated carbocycles. The maximum atomic E-state index is 12.9. The highest BCUT2D eigenvalue weighted by Crippen LogP contribution is 2.20. The average molecular weight is 331 g/mol. The van der Waals surface area contributed by atoms with Crippen molar-refractivity contribution >= 4 is 28.3 Å². The van der Waals surface area contributed by atoms with Crippen molar-refractivity contribution in [3.63, 3.8) is 0 Å². The average Bonchev–Trinajstić information content (AvgIpc) is 2.63. The second-order valence-corrected chi connectivity index (χ2v) is 4.65. The first kappa shape index (κ1) is 11.4. The summed E-state index contributed by atoms with van der Waals surface area (Å²) in [5.74, 6) is 1.55. The molecule has 16 heavy (non-hydrogen) atoms. The van der Waals surface area contributed by atoms with Crippen molar-refractivity contribution in [3.05, 3.63) is 51.2 Å². The molecule has 0 radical (unpaired) electrons. The normalized spacial score (nSPS) is 10.4. The third kappa shape index (κ3) is 2.75. The number of aryl methyl sites for hydroxylation is 1. The van der Waals surface area contributed by atoms with E-state index in [0.717, 1.165) is 20.8 Å². The standard InChI is InChI=1S/C12H11FINO/c1-8-2-4-10(16-8)7-15-12-5-3-9(13)6-11(12)14/h2-6,15H,7H2,1H3. The van der Waals surface area contributed by atoms with Gasteiger partial charge in [0.2, 0.25) is 0 Å². The zero-order valence-electron chi connectivity index (χ0n) is 8.76. The molecule has 1 aromatic heterocycles. The molecular weight excluding hydrogens is 320 g/mol. The fourth-order valence-corrected chi connectivity index (χ4v) is 2.06. The monoisotopic (exact) mass is 331 g/mol. The molecule has 0 aliphatic carbocycles. The van der Waals surface area contributed by atoms with Crippen LogP contribution in [0.15, 0.2) is 34.7 Å². The van der Waals surface area contributed by atoms with Gasteiger partial charge in [-0.2, -0.15) is 0 Å². The Morgan fingerprint density at radius 3 is 2.75 bits per heavy atom. The molecule has 0 aliphatic heterocycles. The first-order valence-corrected chi connectivity index (χ1v) is 5.97. The van der Waals surface area contributed by atoms with E-state index < -0.39 is 0 Å². The minimum atomic E-state index is -0.219. The number of anilines is 1. The number of nitrogens with one attached hydrogen (secondary N) is 1. The van der Waals surface area contributed by atoms with Gasteiger partial charge in [-0.15, -0.1) is 0 Å². The van der Waals surface area contributed by atoms with Gasteiger partial charge in [-0.05, 0) is 59.8 Å². The van der Waals surface area contributed by atoms with Crippen molar-refractivity contribution in [2.24, 2.45) is 0 Å². The lowest BCUT2D eigenvalue weighted by Gasteiger charge is -2.06. The topological polar surface area (TPSA) is 25.2 Å². The zero-order valence-corrected chi connectivity index (χ0v) is 10.9. The smallest absolute Gasteiger partial charge is 0.124 e. The molecular formula is C12H11FINO. The summed E-state index contributed by atoms with van der Waals surface area (Å²) in [6, 6.07) is 8.52. The molecule has 4 heteroatoms. The number of hydrogen-bond donors (Lipinski definition) is 1. The minimum absolute atomic E-state index is 0.219. The molecule has 0 atom stereocenters. The van der Waals surface area contributed by atoms with Crippen molar-refractivity contribution in [1.29, 1.82) is 0 Å². The van der Waals surface area contributed by atoms with Crippen LogP contribution in [0.3, 0.4) is 0 Å². The summed E-state index contributed by atoms with van der Waals surface area (Å²) in [5, 5.41) is 3.20. The van der Waals surface area contributed by atoms with Gasteiger partial charge in [0.1, 0.15) is 17.3 Å². The number of furan rings is 1. The molecule has 0 bridgehead atoms. The zero-order chi connectivity index (χ0) is 11.5. The van der Waals surface area contributed by atoms with E-state index in [9.17, 15) is 4.39 Å². The molecule has 2 aromatic rings. The summed E-state index contributed by atoms with van der Waals surface area (Å²) < 4.78 is 19.2. The molecule has 0 amide bonds. The van der Waals surface area contributed by atoms with Crippen LogP contribution in [0.1, 0.15) is 11.5 Å². The summed E-state index contributed by atoms with van der Waals surface area (Å²) in [4.78, 5) is 0. The van der Waals surface area contributed by atoms with Crippen molar-refractivity contribution in [1.82, 2.24) is 0 Å². The number of rotatable bonds is 3. The predicted octanol–water partition coefficient (Wildman–Crippen LogP) is 3.94. The minimum Gasteiger partial charge on any atom is -0.465 e. The summed E-state index contributed by atoms with van der Waals surface area (Å²) in [7, 11) is 0. The second-order valence-electron chi connectivity index (χ2n) is 3.49. The van der Waals surface area contributed by atoms with Crippen LogP contribution in [0.4, 0.5) is 10.1 Å². The van der Waals surface area contributed by atoms with Gasteiger partial charge in [-0.3, -0.25) is 0 Å². The maximum absolute atomic E-state index is 12.9. The van der Waals surface area contributed by atoms with Crippen LogP contribution in [0, 0.1) is 16.3 Å². The third-order valence-corrected chi connectivity index (χ3v) is 3.07. The van der Waals surface area contributed by atoms with Crippen LogP contribution in [-0.2, 0) is 6.54 Å². The molecule has 0 spiro atoms. The van der Waals surface area contributed by atoms with Crippen LogP contribution in [0.25, 0.3) is 0 Å². The van der Waals surface area contributed by atoms with E-state index in [0.29, 0.717) is 6.54 Å². The number of halogens is 2. The van der Waals surface area contributed by atoms with E-state index in [4.69, 9.17) is 4.42 Å². The van der Waals surface area contributed by atoms with Crippen molar-refractivity contribution in [2.45, 2.75) is 13.5 Å². The molecule has 0 unspecified atom stereocenters. The number of hydrogen-bond acceptors (Lipinski definition) is 2. The third-order valence-electron chi connectivity index (χ3n) is 2.18. The fraction of sp³-hybridized carbons (Fsp3) is 0.167. The second kappa shape index (κ2) is 4.86. The lowest BCUT2D eigenvalue weighted by atomic mass is 10.3. The van der Waals surface area contributed by atoms with E-state index in [1.165, 1.54) is 12.1 Å². The molecule has 2 nitrogen and oxygen atoms in total. The maximum Gasteiger partial charge on any atom is 0.124 e. The molecule has 0 aliphatic rings. The Morgan fingerprint density at radius 2 is 2.12 bits per heavy atom. The van der Waals surface area contributed by atoms with E-state index in [1.54, 1.807) is 6.07 Å². The van der Waals surface area contributed by atoms with Crippen LogP contribution < -0.4 is 5.32 Å². The lowest BCUT2D eigenvalue weighted by Crippen LogP contribution is -2.00. The van der Waals surface area contributed by atoms with Gasteiger partial charge in [0.15, 0.2) is 0 Å². The van der Waals surface area contributed by atoms with Gasteiger partial charge < -0.3 is 9.73 Å². The SMILES string of the molecule is Cc1ccc(CNc2ccc(F)cc2I)o1. The predicted molar refractivity (Wildman–Crippen MR) is 69.9 cm³/mol. The Morgan fingerprint density at radius 1 is 1.31 bits per heavy atom. The lowest BCUT2D eigenvalue weighted by molar-refractivity contribution is 0.490. The van der Waals surface area contributed by atoms with Gasteiger partial charge in [-0.1, -0.05) is 0 Å². The van der Waals surface area contributed by atoms with Gasteiger partial charge >= 0.3 is 0 Å². The van der Waals surface area contributed by atoms with Crippen molar-refractivity contribution in [3.8, 4) is 0 Å². The Kier molecular flexibility index (Phi) is 3.48. The van der Waals surface area contributed by atoms with E-state index in [1.807, 2.05) is 19.1 Å². The van der Waals surface area contributed by atoms with Crippen LogP contribution >= 0.6 is 22.6 Å². The van der Waals surface area contributed by atoms with Crippen molar-refractivity contribution in [2.75, 3.05) is 5.32 Å². The van der Waals surface area contributed by atoms with Gasteiger partial charge in [0.25, 0.3) is 0 Å². The first-order valence-electron chi connectivity index (χ1n) is 4.89. The first-order chi connectivity index (χ1) is 7.65. The molecule has 0 fully saturated rings. The fourth-order valence-electron chi connectivity index (χ4n) is 1.40. The summed E-state index contributed by atoms with van der Waals surface area (Å²) in [5.41, 5.74) is 0.913. The van der Waals surface area contributed by atoms with E-state index in [-0.39, 0.29) is 5.82 Å². The van der Waals surface area contributed by atoms with Gasteiger partial charge in [0.05, 0.1) is 6.54 Å². The summed E-state index contributed by atoms with van der Waals surface area (Å²) in [6.45, 7) is 2.51. The van der Waals surface area contributed by atoms with Gasteiger partial charge in [0, 0.05) is 9.26 Å². The highest BCUT2D eigenvalue weighted by molar-refractivity contribution is 14.1. The molecule has 84 valence electrons. The van der Waals surface area contributed by atoms with Crippen LogP contribution in [0.2, 0.25) is 0 Å². The van der Waals surface area contributed by atoms with Crippen LogP contribution in [0.5, 0.6) is 0 Å². The van der Waals surface area contributed by atoms with Crippen molar-refractivity contribution < 1.29 is 8.81 Å². The highest BCUT2D eigenvalue weighted by Gasteiger charge is 2.02. The Hall–Kier alpha value is -1.04. The Balaban J connectivity index is 2.04. The van der Waals surface area contributed by atoms with Gasteiger partial charge in [-0.25, -0.2) is 4.39 Å².